The summed E-state index contributed by atoms with van der Waals surface area (Å²) >= 11 is 0. The van der Waals surface area contributed by atoms with Crippen LogP contribution in [0.4, 0.5) is 0 Å². The van der Waals surface area contributed by atoms with E-state index < -0.39 is 0 Å². The summed E-state index contributed by atoms with van der Waals surface area (Å²) in [5.41, 5.74) is 0.420. The van der Waals surface area contributed by atoms with Crippen molar-refractivity contribution in [1.29, 1.82) is 0 Å². The minimum atomic E-state index is 0.420. The molecule has 4 aliphatic heterocycles. The minimum Gasteiger partial charge on any atom is -0.313 e. The second-order valence-electron chi connectivity index (χ2n) is 5.70. The van der Waals surface area contributed by atoms with Crippen molar-refractivity contribution in [2.45, 2.75) is 37.8 Å². The van der Waals surface area contributed by atoms with Crippen molar-refractivity contribution < 1.29 is 0 Å². The molecule has 86 valence electrons. The largest absolute Gasteiger partial charge is 0.313 e. The molecular weight excluding hydrogens is 186 g/mol. The summed E-state index contributed by atoms with van der Waals surface area (Å²) < 4.78 is 0. The maximum atomic E-state index is 3.91. The van der Waals surface area contributed by atoms with Gasteiger partial charge >= 0.3 is 0 Å². The Bertz CT molecular complexity index is 235. The summed E-state index contributed by atoms with van der Waals surface area (Å²) in [5.74, 6) is 0.909. The first kappa shape index (κ1) is 10.1. The Labute approximate surface area is 92.6 Å². The molecule has 2 unspecified atom stereocenters. The lowest BCUT2D eigenvalue weighted by molar-refractivity contribution is 0.130. The van der Waals surface area contributed by atoms with E-state index >= 15 is 0 Å². The molecule has 0 radical (unpaired) electrons. The summed E-state index contributed by atoms with van der Waals surface area (Å²) in [6.45, 7) is 8.61. The van der Waals surface area contributed by atoms with E-state index in [0.29, 0.717) is 11.6 Å². The second-order valence-corrected chi connectivity index (χ2v) is 5.70. The number of hydrogen-bond acceptors (Lipinski definition) is 3. The van der Waals surface area contributed by atoms with Crippen LogP contribution in [0.1, 0.15) is 26.2 Å². The molecule has 3 nitrogen and oxygen atoms in total. The summed E-state index contributed by atoms with van der Waals surface area (Å²) in [6, 6.07) is 0.644. The molecule has 4 heterocycles. The zero-order valence-electron chi connectivity index (χ0n) is 9.76. The molecule has 4 rings (SSSR count). The van der Waals surface area contributed by atoms with Gasteiger partial charge in [0.25, 0.3) is 0 Å². The number of nitrogens with zero attached hydrogens (tertiary/aromatic N) is 1. The van der Waals surface area contributed by atoms with Gasteiger partial charge in [0.15, 0.2) is 0 Å². The first-order valence-electron chi connectivity index (χ1n) is 6.49. The zero-order valence-corrected chi connectivity index (χ0v) is 9.76. The highest BCUT2D eigenvalue weighted by Crippen LogP contribution is 2.36. The third-order valence-electron chi connectivity index (χ3n) is 4.67. The number of fused-ring (bicyclic) bond motifs is 3. The predicted molar refractivity (Wildman–Crippen MR) is 62.0 cm³/mol. The van der Waals surface area contributed by atoms with Crippen molar-refractivity contribution in [2.24, 2.45) is 5.92 Å². The third-order valence-corrected chi connectivity index (χ3v) is 4.67. The fourth-order valence-corrected chi connectivity index (χ4v) is 3.80. The number of rotatable bonds is 0. The summed E-state index contributed by atoms with van der Waals surface area (Å²) in [7, 11) is 0. The van der Waals surface area contributed by atoms with Crippen LogP contribution in [-0.2, 0) is 0 Å². The van der Waals surface area contributed by atoms with Crippen LogP contribution < -0.4 is 10.6 Å². The normalized spacial score (nSPS) is 50.6. The van der Waals surface area contributed by atoms with E-state index in [1.165, 1.54) is 45.4 Å². The lowest BCUT2D eigenvalue weighted by Crippen LogP contribution is -2.66. The molecule has 2 N–H and O–H groups in total. The van der Waals surface area contributed by atoms with Gasteiger partial charge in [-0.15, -0.1) is 0 Å². The molecular formula is C12H23N3. The van der Waals surface area contributed by atoms with E-state index in [2.05, 4.69) is 22.5 Å². The molecule has 0 aromatic rings. The number of piperidine rings is 1. The summed E-state index contributed by atoms with van der Waals surface area (Å²) in [4.78, 5) is 2.65. The summed E-state index contributed by atoms with van der Waals surface area (Å²) in [6.07, 6.45) is 4.15. The molecule has 4 fully saturated rings. The molecule has 2 atom stereocenters. The highest BCUT2D eigenvalue weighted by atomic mass is 15.2. The van der Waals surface area contributed by atoms with Gasteiger partial charge in [-0.1, -0.05) is 0 Å². The Balaban J connectivity index is 1.82. The predicted octanol–water partition coefficient (Wildman–Crippen LogP) is 0.422. The van der Waals surface area contributed by atoms with E-state index in [9.17, 15) is 0 Å². The standard InChI is InChI=1S/C12H23N3/c1-10-8-13-9-12(14-10)4-7-15-5-2-11(12)3-6-15/h10-11,13-14H,2-9H2,1H3. The molecule has 15 heavy (non-hydrogen) atoms. The summed E-state index contributed by atoms with van der Waals surface area (Å²) in [5, 5.41) is 7.53. The smallest absolute Gasteiger partial charge is 0.0350 e. The first-order chi connectivity index (χ1) is 7.28. The van der Waals surface area contributed by atoms with E-state index in [1.54, 1.807) is 0 Å². The lowest BCUT2D eigenvalue weighted by Gasteiger charge is -2.46. The maximum absolute atomic E-state index is 3.91. The van der Waals surface area contributed by atoms with Gasteiger partial charge in [-0.05, 0) is 51.7 Å². The Morgan fingerprint density at radius 3 is 2.73 bits per heavy atom. The zero-order chi connectivity index (χ0) is 10.3. The molecule has 2 bridgehead atoms. The third kappa shape index (κ3) is 1.71. The van der Waals surface area contributed by atoms with E-state index in [-0.39, 0.29) is 0 Å². The first-order valence-corrected chi connectivity index (χ1v) is 6.49. The topological polar surface area (TPSA) is 27.3 Å². The molecule has 4 saturated heterocycles. The molecule has 0 amide bonds. The van der Waals surface area contributed by atoms with Crippen molar-refractivity contribution in [3.8, 4) is 0 Å². The number of piperazine rings is 1. The van der Waals surface area contributed by atoms with Gasteiger partial charge in [0.2, 0.25) is 0 Å². The van der Waals surface area contributed by atoms with Crippen molar-refractivity contribution in [2.75, 3.05) is 32.7 Å². The Morgan fingerprint density at radius 2 is 2.00 bits per heavy atom. The van der Waals surface area contributed by atoms with E-state index in [1.807, 2.05) is 0 Å². The second kappa shape index (κ2) is 3.72. The highest BCUT2D eigenvalue weighted by Gasteiger charge is 2.44. The number of nitrogens with one attached hydrogen (secondary N) is 2. The average Bonchev–Trinajstić information content (AvgIpc) is 2.50. The quantitative estimate of drug-likeness (QED) is 0.605. The van der Waals surface area contributed by atoms with Crippen LogP contribution in [0.2, 0.25) is 0 Å². The van der Waals surface area contributed by atoms with Crippen LogP contribution in [0.25, 0.3) is 0 Å². The van der Waals surface area contributed by atoms with Gasteiger partial charge in [-0.25, -0.2) is 0 Å². The Morgan fingerprint density at radius 1 is 1.20 bits per heavy atom. The van der Waals surface area contributed by atoms with Crippen LogP contribution >= 0.6 is 0 Å². The van der Waals surface area contributed by atoms with Crippen LogP contribution in [0.15, 0.2) is 0 Å². The molecule has 0 aliphatic carbocycles. The van der Waals surface area contributed by atoms with Crippen LogP contribution in [-0.4, -0.2) is 49.2 Å². The fraction of sp³-hybridized carbons (Fsp3) is 1.00. The number of hydrogen-bond donors (Lipinski definition) is 2. The average molecular weight is 209 g/mol. The van der Waals surface area contributed by atoms with E-state index in [0.717, 1.165) is 12.5 Å². The molecule has 0 saturated carbocycles. The Hall–Kier alpha value is -0.120. The lowest BCUT2D eigenvalue weighted by atomic mass is 9.76. The molecule has 3 heteroatoms. The van der Waals surface area contributed by atoms with Gasteiger partial charge < -0.3 is 15.5 Å². The SMILES string of the molecule is CC1CNCC2(CCN3CCC2CC3)N1. The molecule has 4 aliphatic rings. The van der Waals surface area contributed by atoms with Crippen LogP contribution in [0, 0.1) is 5.92 Å². The van der Waals surface area contributed by atoms with Gasteiger partial charge in [0.05, 0.1) is 0 Å². The van der Waals surface area contributed by atoms with Crippen molar-refractivity contribution in [1.82, 2.24) is 15.5 Å². The minimum absolute atomic E-state index is 0.420. The molecule has 0 aromatic carbocycles. The molecule has 1 spiro atoms. The van der Waals surface area contributed by atoms with Crippen molar-refractivity contribution in [3.05, 3.63) is 0 Å². The van der Waals surface area contributed by atoms with Crippen molar-refractivity contribution in [3.63, 3.8) is 0 Å². The highest BCUT2D eigenvalue weighted by molar-refractivity contribution is 5.04. The van der Waals surface area contributed by atoms with Gasteiger partial charge in [0.1, 0.15) is 0 Å². The van der Waals surface area contributed by atoms with Gasteiger partial charge in [0, 0.05) is 24.7 Å². The van der Waals surface area contributed by atoms with Crippen LogP contribution in [0.3, 0.4) is 0 Å². The monoisotopic (exact) mass is 209 g/mol. The van der Waals surface area contributed by atoms with Crippen molar-refractivity contribution >= 4 is 0 Å². The van der Waals surface area contributed by atoms with Gasteiger partial charge in [-0.2, -0.15) is 0 Å². The van der Waals surface area contributed by atoms with E-state index in [4.69, 9.17) is 0 Å². The van der Waals surface area contributed by atoms with Gasteiger partial charge in [-0.3, -0.25) is 0 Å². The van der Waals surface area contributed by atoms with Crippen LogP contribution in [0.5, 0.6) is 0 Å². The fourth-order valence-electron chi connectivity index (χ4n) is 3.80. The molecule has 0 aromatic heterocycles. The Kier molecular flexibility index (Phi) is 2.49. The maximum Gasteiger partial charge on any atom is 0.0350 e.